The zero-order valence-electron chi connectivity index (χ0n) is 11.4. The Labute approximate surface area is 115 Å². The van der Waals surface area contributed by atoms with Gasteiger partial charge in [-0.1, -0.05) is 19.1 Å². The van der Waals surface area contributed by atoms with Crippen molar-refractivity contribution in [2.75, 3.05) is 6.61 Å². The van der Waals surface area contributed by atoms with Gasteiger partial charge < -0.3 is 14.3 Å². The fourth-order valence-electron chi connectivity index (χ4n) is 2.15. The van der Waals surface area contributed by atoms with E-state index < -0.39 is 17.5 Å². The van der Waals surface area contributed by atoms with Crippen LogP contribution in [0.4, 0.5) is 0 Å². The number of carbonyl (C=O) groups is 1. The van der Waals surface area contributed by atoms with Crippen molar-refractivity contribution in [2.24, 2.45) is 0 Å². The maximum Gasteiger partial charge on any atom is 0.343 e. The molecule has 0 aliphatic rings. The minimum absolute atomic E-state index is 0.0184. The zero-order chi connectivity index (χ0) is 14.7. The molecule has 1 aromatic carbocycles. The van der Waals surface area contributed by atoms with E-state index in [0.717, 1.165) is 0 Å². The number of aromatic hydroxyl groups is 1. The summed E-state index contributed by atoms with van der Waals surface area (Å²) in [5.74, 6) is -1.02. The number of para-hydroxylation sites is 1. The maximum atomic E-state index is 12.0. The first kappa shape index (κ1) is 14.1. The Morgan fingerprint density at radius 1 is 1.40 bits per heavy atom. The Bertz CT molecular complexity index is 686. The van der Waals surface area contributed by atoms with Crippen LogP contribution < -0.4 is 5.63 Å². The van der Waals surface area contributed by atoms with Crippen LogP contribution in [0.3, 0.4) is 0 Å². The third-order valence-corrected chi connectivity index (χ3v) is 3.09. The van der Waals surface area contributed by atoms with Crippen LogP contribution in [0.1, 0.15) is 31.7 Å². The highest BCUT2D eigenvalue weighted by molar-refractivity contribution is 5.84. The van der Waals surface area contributed by atoms with Gasteiger partial charge in [0, 0.05) is 5.92 Å². The lowest BCUT2D eigenvalue weighted by atomic mass is 9.97. The van der Waals surface area contributed by atoms with Gasteiger partial charge in [-0.25, -0.2) is 4.79 Å². The van der Waals surface area contributed by atoms with Crippen molar-refractivity contribution in [3.8, 4) is 5.75 Å². The molecule has 20 heavy (non-hydrogen) atoms. The van der Waals surface area contributed by atoms with Crippen molar-refractivity contribution in [1.82, 2.24) is 0 Å². The van der Waals surface area contributed by atoms with Gasteiger partial charge in [0.15, 0.2) is 0 Å². The normalized spacial score (nSPS) is 12.3. The van der Waals surface area contributed by atoms with Gasteiger partial charge in [0.2, 0.25) is 0 Å². The number of hydrogen-bond donors (Lipinski definition) is 1. The van der Waals surface area contributed by atoms with Gasteiger partial charge in [-0.2, -0.15) is 0 Å². The molecule has 1 N–H and O–H groups in total. The Balaban J connectivity index is 2.43. The van der Waals surface area contributed by atoms with Crippen molar-refractivity contribution in [3.63, 3.8) is 0 Å². The molecule has 2 rings (SSSR count). The van der Waals surface area contributed by atoms with E-state index >= 15 is 0 Å². The molecule has 5 heteroatoms. The summed E-state index contributed by atoms with van der Waals surface area (Å²) >= 11 is 0. The van der Waals surface area contributed by atoms with Crippen molar-refractivity contribution in [3.05, 3.63) is 40.2 Å². The molecule has 1 aromatic heterocycles. The van der Waals surface area contributed by atoms with Crippen molar-refractivity contribution >= 4 is 16.9 Å². The molecule has 0 radical (unpaired) electrons. The van der Waals surface area contributed by atoms with Crippen LogP contribution in [-0.2, 0) is 9.53 Å². The summed E-state index contributed by atoms with van der Waals surface area (Å²) in [6.45, 7) is 3.67. The maximum absolute atomic E-state index is 12.0. The summed E-state index contributed by atoms with van der Waals surface area (Å²) < 4.78 is 10.0. The average Bonchev–Trinajstić information content (AvgIpc) is 2.38. The summed E-state index contributed by atoms with van der Waals surface area (Å²) in [6.07, 6.45) is 0.0184. The third-order valence-electron chi connectivity index (χ3n) is 3.09. The summed E-state index contributed by atoms with van der Waals surface area (Å²) in [7, 11) is 0. The van der Waals surface area contributed by atoms with Gasteiger partial charge in [0.1, 0.15) is 11.3 Å². The van der Waals surface area contributed by atoms with E-state index in [1.54, 1.807) is 38.1 Å². The van der Waals surface area contributed by atoms with Crippen molar-refractivity contribution < 1.29 is 19.1 Å². The number of hydrogen-bond acceptors (Lipinski definition) is 5. The van der Waals surface area contributed by atoms with E-state index in [1.165, 1.54) is 0 Å². The van der Waals surface area contributed by atoms with Crippen LogP contribution in [0.5, 0.6) is 5.75 Å². The van der Waals surface area contributed by atoms with Crippen LogP contribution in [0.15, 0.2) is 33.5 Å². The molecule has 1 atom stereocenters. The lowest BCUT2D eigenvalue weighted by Crippen LogP contribution is -2.15. The second-order valence-corrected chi connectivity index (χ2v) is 4.56. The minimum atomic E-state index is -0.627. The summed E-state index contributed by atoms with van der Waals surface area (Å²) in [5, 5.41) is 10.7. The molecule has 106 valence electrons. The van der Waals surface area contributed by atoms with Gasteiger partial charge in [-0.15, -0.1) is 0 Å². The standard InChI is InChI=1S/C15H16O5/c1-3-19-12(16)8-9(2)13-14(17)10-6-4-5-7-11(10)20-15(13)18/h4-7,9,17H,3,8H2,1-2H3/t9-/m1/s1. The molecule has 1 heterocycles. The predicted molar refractivity (Wildman–Crippen MR) is 73.8 cm³/mol. The minimum Gasteiger partial charge on any atom is -0.507 e. The highest BCUT2D eigenvalue weighted by Gasteiger charge is 2.22. The van der Waals surface area contributed by atoms with Crippen LogP contribution in [0.25, 0.3) is 11.0 Å². The van der Waals surface area contributed by atoms with Crippen molar-refractivity contribution in [1.29, 1.82) is 0 Å². The first-order chi connectivity index (χ1) is 9.54. The molecule has 0 aliphatic heterocycles. The quantitative estimate of drug-likeness (QED) is 0.686. The van der Waals surface area contributed by atoms with Crippen LogP contribution in [0, 0.1) is 0 Å². The fraction of sp³-hybridized carbons (Fsp3) is 0.333. The number of ether oxygens (including phenoxy) is 1. The largest absolute Gasteiger partial charge is 0.507 e. The molecule has 0 bridgehead atoms. The van der Waals surface area contributed by atoms with Crippen molar-refractivity contribution in [2.45, 2.75) is 26.2 Å². The van der Waals surface area contributed by atoms with E-state index in [-0.39, 0.29) is 24.3 Å². The highest BCUT2D eigenvalue weighted by Crippen LogP contribution is 2.31. The molecular weight excluding hydrogens is 260 g/mol. The van der Waals surface area contributed by atoms with Gasteiger partial charge >= 0.3 is 11.6 Å². The van der Waals surface area contributed by atoms with E-state index in [0.29, 0.717) is 11.0 Å². The molecule has 2 aromatic rings. The van der Waals surface area contributed by atoms with Gasteiger partial charge in [-0.05, 0) is 19.1 Å². The Morgan fingerprint density at radius 3 is 2.80 bits per heavy atom. The first-order valence-electron chi connectivity index (χ1n) is 6.45. The van der Waals surface area contributed by atoms with Crippen LogP contribution >= 0.6 is 0 Å². The summed E-state index contributed by atoms with van der Waals surface area (Å²) in [4.78, 5) is 23.4. The predicted octanol–water partition coefficient (Wildman–Crippen LogP) is 2.56. The number of carbonyl (C=O) groups excluding carboxylic acids is 1. The Hall–Kier alpha value is -2.30. The summed E-state index contributed by atoms with van der Waals surface area (Å²) in [5.41, 5.74) is -0.197. The topological polar surface area (TPSA) is 76.7 Å². The number of esters is 1. The number of fused-ring (bicyclic) bond motifs is 1. The SMILES string of the molecule is CCOC(=O)C[C@@H](C)c1c(O)c2ccccc2oc1=O. The molecule has 0 saturated heterocycles. The molecule has 0 amide bonds. The summed E-state index contributed by atoms with van der Waals surface area (Å²) in [6, 6.07) is 6.72. The van der Waals surface area contributed by atoms with E-state index in [4.69, 9.17) is 9.15 Å². The first-order valence-corrected chi connectivity index (χ1v) is 6.45. The van der Waals surface area contributed by atoms with E-state index in [1.807, 2.05) is 0 Å². The molecule has 0 spiro atoms. The van der Waals surface area contributed by atoms with Crippen LogP contribution in [0.2, 0.25) is 0 Å². The number of rotatable bonds is 4. The number of benzene rings is 1. The Kier molecular flexibility index (Phi) is 4.08. The van der Waals surface area contributed by atoms with Gasteiger partial charge in [0.05, 0.1) is 24.0 Å². The van der Waals surface area contributed by atoms with Gasteiger partial charge in [-0.3, -0.25) is 4.79 Å². The highest BCUT2D eigenvalue weighted by atomic mass is 16.5. The lowest BCUT2D eigenvalue weighted by Gasteiger charge is -2.12. The zero-order valence-corrected chi connectivity index (χ0v) is 11.4. The third kappa shape index (κ3) is 2.66. The molecular formula is C15H16O5. The molecule has 0 aliphatic carbocycles. The Morgan fingerprint density at radius 2 is 2.10 bits per heavy atom. The second kappa shape index (κ2) is 5.77. The lowest BCUT2D eigenvalue weighted by molar-refractivity contribution is -0.143. The van der Waals surface area contributed by atoms with Crippen LogP contribution in [-0.4, -0.2) is 17.7 Å². The fourth-order valence-corrected chi connectivity index (χ4v) is 2.15. The molecule has 0 saturated carbocycles. The second-order valence-electron chi connectivity index (χ2n) is 4.56. The molecule has 0 unspecified atom stereocenters. The monoisotopic (exact) mass is 276 g/mol. The van der Waals surface area contributed by atoms with E-state index in [2.05, 4.69) is 0 Å². The smallest absolute Gasteiger partial charge is 0.343 e. The molecule has 5 nitrogen and oxygen atoms in total. The van der Waals surface area contributed by atoms with E-state index in [9.17, 15) is 14.7 Å². The average molecular weight is 276 g/mol. The molecule has 0 fully saturated rings. The van der Waals surface area contributed by atoms with Gasteiger partial charge in [0.25, 0.3) is 0 Å².